The van der Waals surface area contributed by atoms with E-state index in [1.807, 2.05) is 18.2 Å². The fourth-order valence-electron chi connectivity index (χ4n) is 2.84. The first-order chi connectivity index (χ1) is 14.0. The highest BCUT2D eigenvalue weighted by Gasteiger charge is 2.13. The Morgan fingerprint density at radius 2 is 1.90 bits per heavy atom. The van der Waals surface area contributed by atoms with E-state index < -0.39 is 5.82 Å². The number of nitrogens with zero attached hydrogens (tertiary/aromatic N) is 1. The highest BCUT2D eigenvalue weighted by molar-refractivity contribution is 7.22. The molecular weight excluding hydrogens is 391 g/mol. The summed E-state index contributed by atoms with van der Waals surface area (Å²) < 4.78 is 25.7. The highest BCUT2D eigenvalue weighted by atomic mass is 32.1. The Kier molecular flexibility index (Phi) is 5.14. The van der Waals surface area contributed by atoms with E-state index >= 15 is 0 Å². The van der Waals surface area contributed by atoms with Crippen LogP contribution in [0.2, 0.25) is 0 Å². The molecule has 4 rings (SSSR count). The second-order valence-electron chi connectivity index (χ2n) is 6.22. The lowest BCUT2D eigenvalue weighted by molar-refractivity contribution is 0.0526. The maximum Gasteiger partial charge on any atom is 0.338 e. The zero-order chi connectivity index (χ0) is 20.4. The van der Waals surface area contributed by atoms with Gasteiger partial charge >= 0.3 is 5.97 Å². The van der Waals surface area contributed by atoms with Crippen LogP contribution in [0.4, 0.5) is 10.1 Å². The van der Waals surface area contributed by atoms with Crippen LogP contribution in [0.5, 0.6) is 11.5 Å². The number of hydrogen-bond acceptors (Lipinski definition) is 6. The number of carbonyl (C=O) groups excluding carboxylic acids is 1. The number of pyridine rings is 1. The van der Waals surface area contributed by atoms with E-state index in [2.05, 4.69) is 4.98 Å². The van der Waals surface area contributed by atoms with Crippen LogP contribution in [0.25, 0.3) is 20.7 Å². The van der Waals surface area contributed by atoms with Crippen LogP contribution in [0.15, 0.2) is 60.8 Å². The molecule has 4 aromatic rings. The van der Waals surface area contributed by atoms with Gasteiger partial charge in [-0.1, -0.05) is 12.1 Å². The van der Waals surface area contributed by atoms with Crippen LogP contribution >= 0.6 is 11.3 Å². The fourth-order valence-corrected chi connectivity index (χ4v) is 3.91. The van der Waals surface area contributed by atoms with Crippen molar-refractivity contribution in [2.24, 2.45) is 0 Å². The van der Waals surface area contributed by atoms with Gasteiger partial charge in [0.2, 0.25) is 0 Å². The number of esters is 1. The van der Waals surface area contributed by atoms with Crippen molar-refractivity contribution in [2.75, 3.05) is 12.3 Å². The molecule has 0 amide bonds. The first-order valence-corrected chi connectivity index (χ1v) is 9.76. The number of anilines is 1. The minimum Gasteiger partial charge on any atom is -0.462 e. The van der Waals surface area contributed by atoms with Crippen LogP contribution in [-0.2, 0) is 4.74 Å². The molecule has 0 bridgehead atoms. The lowest BCUT2D eigenvalue weighted by Gasteiger charge is -2.07. The largest absolute Gasteiger partial charge is 0.462 e. The summed E-state index contributed by atoms with van der Waals surface area (Å²) in [6, 6.07) is 15.1. The lowest BCUT2D eigenvalue weighted by Crippen LogP contribution is -2.03. The van der Waals surface area contributed by atoms with Crippen molar-refractivity contribution in [1.29, 1.82) is 0 Å². The summed E-state index contributed by atoms with van der Waals surface area (Å²) in [5, 5.41) is 0. The number of fused-ring (bicyclic) bond motifs is 1. The van der Waals surface area contributed by atoms with Crippen LogP contribution in [0.3, 0.4) is 0 Å². The maximum atomic E-state index is 14.1. The van der Waals surface area contributed by atoms with E-state index in [0.29, 0.717) is 23.6 Å². The number of aromatic nitrogens is 1. The summed E-state index contributed by atoms with van der Waals surface area (Å²) in [7, 11) is 0. The fraction of sp³-hybridized carbons (Fsp3) is 0.0909. The molecule has 2 heterocycles. The predicted octanol–water partition coefficient (Wildman–Crippen LogP) is 5.65. The molecule has 2 aromatic heterocycles. The molecule has 0 aliphatic rings. The second kappa shape index (κ2) is 7.89. The zero-order valence-electron chi connectivity index (χ0n) is 15.5. The van der Waals surface area contributed by atoms with E-state index in [1.165, 1.54) is 23.5 Å². The van der Waals surface area contributed by atoms with Gasteiger partial charge in [0, 0.05) is 28.9 Å². The van der Waals surface area contributed by atoms with Crippen molar-refractivity contribution in [1.82, 2.24) is 4.98 Å². The van der Waals surface area contributed by atoms with Crippen molar-refractivity contribution in [3.63, 3.8) is 0 Å². The molecule has 146 valence electrons. The third-order valence-corrected chi connectivity index (χ3v) is 5.42. The van der Waals surface area contributed by atoms with Gasteiger partial charge in [-0.25, -0.2) is 9.18 Å². The van der Waals surface area contributed by atoms with Crippen molar-refractivity contribution in [3.8, 4) is 21.9 Å². The van der Waals surface area contributed by atoms with E-state index in [0.717, 1.165) is 20.7 Å². The van der Waals surface area contributed by atoms with Crippen molar-refractivity contribution >= 4 is 33.2 Å². The number of nitrogen functional groups attached to an aromatic ring is 1. The summed E-state index contributed by atoms with van der Waals surface area (Å²) in [6.07, 6.45) is 1.62. The standard InChI is InChI=1S/C22H17FN2O3S/c1-2-27-22(26)14-5-3-13(4-6-14)20-12-17-21(29-20)19(9-10-25-17)28-18-8-7-15(24)11-16(18)23/h3-12H,2,24H2,1H3. The van der Waals surface area contributed by atoms with Crippen molar-refractivity contribution in [3.05, 3.63) is 72.2 Å². The first-order valence-electron chi connectivity index (χ1n) is 8.94. The maximum absolute atomic E-state index is 14.1. The molecule has 0 atom stereocenters. The molecule has 0 saturated heterocycles. The molecule has 29 heavy (non-hydrogen) atoms. The van der Waals surface area contributed by atoms with Gasteiger partial charge in [-0.2, -0.15) is 0 Å². The van der Waals surface area contributed by atoms with Crippen LogP contribution in [0, 0.1) is 5.82 Å². The first kappa shape index (κ1) is 18.9. The Bertz CT molecular complexity index is 1190. The number of carbonyl (C=O) groups is 1. The SMILES string of the molecule is CCOC(=O)c1ccc(-c2cc3nccc(Oc4ccc(N)cc4F)c3s2)cc1. The molecule has 0 spiro atoms. The van der Waals surface area contributed by atoms with Gasteiger partial charge in [0.15, 0.2) is 11.6 Å². The molecule has 2 N–H and O–H groups in total. The summed E-state index contributed by atoms with van der Waals surface area (Å²) in [5.41, 5.74) is 8.10. The van der Waals surface area contributed by atoms with Crippen LogP contribution in [-0.4, -0.2) is 17.6 Å². The Morgan fingerprint density at radius 3 is 2.62 bits per heavy atom. The van der Waals surface area contributed by atoms with Gasteiger partial charge in [0.05, 0.1) is 22.4 Å². The van der Waals surface area contributed by atoms with Gasteiger partial charge in [0.25, 0.3) is 0 Å². The quantitative estimate of drug-likeness (QED) is 0.341. The lowest BCUT2D eigenvalue weighted by atomic mass is 10.1. The number of nitrogens with two attached hydrogens (primary N) is 1. The Labute approximate surface area is 170 Å². The molecule has 0 saturated carbocycles. The van der Waals surface area contributed by atoms with Crippen LogP contribution < -0.4 is 10.5 Å². The van der Waals surface area contributed by atoms with Gasteiger partial charge in [0.1, 0.15) is 5.75 Å². The summed E-state index contributed by atoms with van der Waals surface area (Å²) in [5.74, 6) is -0.266. The topological polar surface area (TPSA) is 74.4 Å². The van der Waals surface area contributed by atoms with Gasteiger partial charge in [-0.05, 0) is 42.8 Å². The molecule has 2 aromatic carbocycles. The summed E-state index contributed by atoms with van der Waals surface area (Å²) in [6.45, 7) is 2.10. The molecule has 5 nitrogen and oxygen atoms in total. The molecule has 0 fully saturated rings. The molecule has 0 aliphatic carbocycles. The van der Waals surface area contributed by atoms with Gasteiger partial charge in [-0.3, -0.25) is 4.98 Å². The van der Waals surface area contributed by atoms with E-state index in [1.54, 1.807) is 37.4 Å². The minimum absolute atomic E-state index is 0.0976. The predicted molar refractivity (Wildman–Crippen MR) is 112 cm³/mol. The molecule has 7 heteroatoms. The number of ether oxygens (including phenoxy) is 2. The van der Waals surface area contributed by atoms with E-state index in [9.17, 15) is 9.18 Å². The average Bonchev–Trinajstić information content (AvgIpc) is 3.16. The minimum atomic E-state index is -0.527. The summed E-state index contributed by atoms with van der Waals surface area (Å²) >= 11 is 1.48. The molecule has 0 aliphatic heterocycles. The zero-order valence-corrected chi connectivity index (χ0v) is 16.3. The number of hydrogen-bond donors (Lipinski definition) is 1. The van der Waals surface area contributed by atoms with Crippen LogP contribution in [0.1, 0.15) is 17.3 Å². The average molecular weight is 408 g/mol. The smallest absolute Gasteiger partial charge is 0.338 e. The van der Waals surface area contributed by atoms with Crippen molar-refractivity contribution < 1.29 is 18.7 Å². The van der Waals surface area contributed by atoms with Crippen molar-refractivity contribution in [2.45, 2.75) is 6.92 Å². The third-order valence-electron chi connectivity index (χ3n) is 4.23. The second-order valence-corrected chi connectivity index (χ2v) is 7.28. The van der Waals surface area contributed by atoms with E-state index in [-0.39, 0.29) is 11.7 Å². The normalized spacial score (nSPS) is 10.8. The number of benzene rings is 2. The monoisotopic (exact) mass is 408 g/mol. The molecular formula is C22H17FN2O3S. The van der Waals surface area contributed by atoms with Gasteiger partial charge < -0.3 is 15.2 Å². The number of halogens is 1. The molecule has 0 radical (unpaired) electrons. The third kappa shape index (κ3) is 3.90. The Morgan fingerprint density at radius 1 is 1.10 bits per heavy atom. The Hall–Kier alpha value is -3.45. The Balaban J connectivity index is 1.66. The molecule has 0 unspecified atom stereocenters. The highest BCUT2D eigenvalue weighted by Crippen LogP contribution is 2.39. The number of rotatable bonds is 5. The van der Waals surface area contributed by atoms with E-state index in [4.69, 9.17) is 15.2 Å². The number of thiophene rings is 1. The summed E-state index contributed by atoms with van der Waals surface area (Å²) in [4.78, 5) is 17.1. The van der Waals surface area contributed by atoms with Gasteiger partial charge in [-0.15, -0.1) is 11.3 Å².